The summed E-state index contributed by atoms with van der Waals surface area (Å²) in [6.07, 6.45) is 0. The Morgan fingerprint density at radius 1 is 1.04 bits per heavy atom. The molecule has 1 amide bonds. The molecule has 0 saturated heterocycles. The fraction of sp³-hybridized carbons (Fsp3) is 0.350. The van der Waals surface area contributed by atoms with Gasteiger partial charge in [0.15, 0.2) is 5.60 Å². The molecule has 6 heteroatoms. The number of carbonyl (C=O) groups excluding carboxylic acids is 1. The third-order valence-electron chi connectivity index (χ3n) is 3.98. The average molecular weight is 378 g/mol. The van der Waals surface area contributed by atoms with Crippen LogP contribution in [0.5, 0.6) is 17.2 Å². The molecule has 0 unspecified atom stereocenters. The molecule has 0 fully saturated rings. The summed E-state index contributed by atoms with van der Waals surface area (Å²) < 4.78 is 16.5. The molecule has 140 valence electrons. The molecular weight excluding hydrogens is 354 g/mol. The van der Waals surface area contributed by atoms with Crippen molar-refractivity contribution in [3.63, 3.8) is 0 Å². The van der Waals surface area contributed by atoms with E-state index in [9.17, 15) is 4.79 Å². The minimum absolute atomic E-state index is 0.246. The summed E-state index contributed by atoms with van der Waals surface area (Å²) in [4.78, 5) is 12.7. The highest BCUT2D eigenvalue weighted by atomic mass is 35.5. The molecule has 2 rings (SSSR count). The Hall–Kier alpha value is -2.40. The Labute approximate surface area is 159 Å². The first-order valence-electron chi connectivity index (χ1n) is 8.24. The van der Waals surface area contributed by atoms with Crippen LogP contribution >= 0.6 is 11.6 Å². The smallest absolute Gasteiger partial charge is 0.264 e. The second-order valence-electron chi connectivity index (χ2n) is 6.37. The lowest BCUT2D eigenvalue weighted by molar-refractivity contribution is -0.134. The molecule has 0 bridgehead atoms. The number of amides is 1. The number of rotatable bonds is 7. The summed E-state index contributed by atoms with van der Waals surface area (Å²) in [5.74, 6) is 1.69. The van der Waals surface area contributed by atoms with Crippen LogP contribution in [0, 0.1) is 0 Å². The van der Waals surface area contributed by atoms with Gasteiger partial charge in [-0.1, -0.05) is 11.6 Å². The molecule has 0 aliphatic rings. The molecule has 0 heterocycles. The van der Waals surface area contributed by atoms with Gasteiger partial charge in [0.2, 0.25) is 0 Å². The van der Waals surface area contributed by atoms with E-state index in [2.05, 4.69) is 5.32 Å². The van der Waals surface area contributed by atoms with E-state index < -0.39 is 5.60 Å². The van der Waals surface area contributed by atoms with Crippen molar-refractivity contribution in [2.75, 3.05) is 14.2 Å². The minimum Gasteiger partial charge on any atom is -0.497 e. The Bertz CT molecular complexity index is 759. The maximum atomic E-state index is 12.7. The van der Waals surface area contributed by atoms with Gasteiger partial charge in [-0.05, 0) is 63.2 Å². The molecule has 0 aliphatic heterocycles. The summed E-state index contributed by atoms with van der Waals surface area (Å²) in [7, 11) is 3.19. The second kappa shape index (κ2) is 8.32. The molecule has 1 N–H and O–H groups in total. The molecule has 0 spiro atoms. The third kappa shape index (κ3) is 4.82. The number of halogens is 1. The van der Waals surface area contributed by atoms with Crippen molar-refractivity contribution >= 4 is 17.5 Å². The molecule has 26 heavy (non-hydrogen) atoms. The van der Waals surface area contributed by atoms with E-state index in [-0.39, 0.29) is 11.9 Å². The number of ether oxygens (including phenoxy) is 3. The number of benzene rings is 2. The van der Waals surface area contributed by atoms with E-state index in [1.54, 1.807) is 52.3 Å². The van der Waals surface area contributed by atoms with Crippen molar-refractivity contribution < 1.29 is 19.0 Å². The quantitative estimate of drug-likeness (QED) is 0.777. The Kier molecular flexibility index (Phi) is 6.37. The highest BCUT2D eigenvalue weighted by Crippen LogP contribution is 2.30. The maximum absolute atomic E-state index is 12.7. The molecule has 0 saturated carbocycles. The van der Waals surface area contributed by atoms with Gasteiger partial charge in [0, 0.05) is 10.6 Å². The zero-order valence-corrected chi connectivity index (χ0v) is 16.4. The first-order valence-corrected chi connectivity index (χ1v) is 8.62. The standard InChI is InChI=1S/C20H24ClNO4/c1-13(17-12-16(24-4)10-11-18(17)25-5)22-19(23)20(2,3)26-15-8-6-14(21)7-9-15/h6-13H,1-5H3,(H,22,23)/t13-/m0/s1. The predicted octanol–water partition coefficient (Wildman–Crippen LogP) is 4.39. The van der Waals surface area contributed by atoms with Crippen molar-refractivity contribution in [2.24, 2.45) is 0 Å². The van der Waals surface area contributed by atoms with E-state index in [0.29, 0.717) is 22.3 Å². The van der Waals surface area contributed by atoms with E-state index in [0.717, 1.165) is 5.56 Å². The Morgan fingerprint density at radius 2 is 1.65 bits per heavy atom. The lowest BCUT2D eigenvalue weighted by Gasteiger charge is -2.28. The van der Waals surface area contributed by atoms with Crippen LogP contribution in [0.25, 0.3) is 0 Å². The fourth-order valence-corrected chi connectivity index (χ4v) is 2.60. The Balaban J connectivity index is 2.13. The fourth-order valence-electron chi connectivity index (χ4n) is 2.47. The first kappa shape index (κ1) is 19.9. The van der Waals surface area contributed by atoms with Crippen molar-refractivity contribution in [1.29, 1.82) is 0 Å². The second-order valence-corrected chi connectivity index (χ2v) is 6.81. The zero-order valence-electron chi connectivity index (χ0n) is 15.6. The first-order chi connectivity index (χ1) is 12.3. The molecule has 1 atom stereocenters. The van der Waals surface area contributed by atoms with E-state index in [4.69, 9.17) is 25.8 Å². The predicted molar refractivity (Wildman–Crippen MR) is 102 cm³/mol. The molecule has 2 aromatic rings. The summed E-state index contributed by atoms with van der Waals surface area (Å²) >= 11 is 5.88. The topological polar surface area (TPSA) is 56.8 Å². The average Bonchev–Trinajstić information content (AvgIpc) is 2.62. The lowest BCUT2D eigenvalue weighted by Crippen LogP contribution is -2.47. The Morgan fingerprint density at radius 3 is 2.23 bits per heavy atom. The van der Waals surface area contributed by atoms with Gasteiger partial charge in [-0.25, -0.2) is 0 Å². The van der Waals surface area contributed by atoms with Gasteiger partial charge in [0.1, 0.15) is 17.2 Å². The molecular formula is C20H24ClNO4. The number of nitrogens with one attached hydrogen (secondary N) is 1. The summed E-state index contributed by atoms with van der Waals surface area (Å²) in [5, 5.41) is 3.58. The largest absolute Gasteiger partial charge is 0.497 e. The van der Waals surface area contributed by atoms with Crippen LogP contribution in [-0.4, -0.2) is 25.7 Å². The van der Waals surface area contributed by atoms with Crippen LogP contribution in [0.3, 0.4) is 0 Å². The summed E-state index contributed by atoms with van der Waals surface area (Å²) in [6, 6.07) is 12.1. The van der Waals surface area contributed by atoms with E-state index in [1.165, 1.54) is 0 Å². The van der Waals surface area contributed by atoms with Crippen molar-refractivity contribution in [2.45, 2.75) is 32.4 Å². The van der Waals surface area contributed by atoms with Crippen LogP contribution in [-0.2, 0) is 4.79 Å². The zero-order chi connectivity index (χ0) is 19.3. The van der Waals surface area contributed by atoms with Crippen molar-refractivity contribution in [3.05, 3.63) is 53.1 Å². The summed E-state index contributed by atoms with van der Waals surface area (Å²) in [6.45, 7) is 5.31. The number of methoxy groups -OCH3 is 2. The maximum Gasteiger partial charge on any atom is 0.264 e. The van der Waals surface area contributed by atoms with Gasteiger partial charge in [-0.15, -0.1) is 0 Å². The minimum atomic E-state index is -1.06. The molecule has 0 aromatic heterocycles. The van der Waals surface area contributed by atoms with Crippen LogP contribution < -0.4 is 19.5 Å². The van der Waals surface area contributed by atoms with E-state index in [1.807, 2.05) is 25.1 Å². The van der Waals surface area contributed by atoms with Gasteiger partial charge < -0.3 is 19.5 Å². The van der Waals surface area contributed by atoms with E-state index >= 15 is 0 Å². The highest BCUT2D eigenvalue weighted by molar-refractivity contribution is 6.30. The van der Waals surface area contributed by atoms with Gasteiger partial charge in [-0.3, -0.25) is 4.79 Å². The molecule has 5 nitrogen and oxygen atoms in total. The number of hydrogen-bond acceptors (Lipinski definition) is 4. The summed E-state index contributed by atoms with van der Waals surface area (Å²) in [5.41, 5.74) is -0.240. The van der Waals surface area contributed by atoms with Gasteiger partial charge in [0.25, 0.3) is 5.91 Å². The molecule has 0 aliphatic carbocycles. The van der Waals surface area contributed by atoms with Crippen molar-refractivity contribution in [3.8, 4) is 17.2 Å². The van der Waals surface area contributed by atoms with Crippen molar-refractivity contribution in [1.82, 2.24) is 5.32 Å². The monoisotopic (exact) mass is 377 g/mol. The van der Waals surface area contributed by atoms with Crippen LogP contribution in [0.1, 0.15) is 32.4 Å². The van der Waals surface area contributed by atoms with Crippen LogP contribution in [0.15, 0.2) is 42.5 Å². The number of hydrogen-bond donors (Lipinski definition) is 1. The molecule has 2 aromatic carbocycles. The van der Waals surface area contributed by atoms with Crippen LogP contribution in [0.4, 0.5) is 0 Å². The third-order valence-corrected chi connectivity index (χ3v) is 4.24. The normalized spacial score (nSPS) is 12.2. The number of carbonyl (C=O) groups is 1. The van der Waals surface area contributed by atoms with Gasteiger partial charge in [0.05, 0.1) is 20.3 Å². The lowest BCUT2D eigenvalue weighted by atomic mass is 10.0. The van der Waals surface area contributed by atoms with Gasteiger partial charge >= 0.3 is 0 Å². The SMILES string of the molecule is COc1ccc(OC)c([C@H](C)NC(=O)C(C)(C)Oc2ccc(Cl)cc2)c1. The van der Waals surface area contributed by atoms with Crippen LogP contribution in [0.2, 0.25) is 5.02 Å². The molecule has 0 radical (unpaired) electrons. The highest BCUT2D eigenvalue weighted by Gasteiger charge is 2.31. The van der Waals surface area contributed by atoms with Gasteiger partial charge in [-0.2, -0.15) is 0 Å².